The van der Waals surface area contributed by atoms with Crippen LogP contribution in [0, 0.1) is 6.92 Å². The van der Waals surface area contributed by atoms with Crippen LogP contribution >= 0.6 is 11.3 Å². The van der Waals surface area contributed by atoms with Crippen LogP contribution in [0.15, 0.2) is 5.38 Å². The number of amides is 1. The average Bonchev–Trinajstić information content (AvgIpc) is 2.33. The molecule has 0 saturated heterocycles. The van der Waals surface area contributed by atoms with Crippen molar-refractivity contribution in [2.45, 2.75) is 13.5 Å². The lowest BCUT2D eigenvalue weighted by molar-refractivity contribution is -0.118. The Morgan fingerprint density at radius 1 is 1.77 bits per heavy atom. The first kappa shape index (κ1) is 10.1. The summed E-state index contributed by atoms with van der Waals surface area (Å²) in [5.74, 6) is -0.311. The molecular weight excluding hydrogens is 186 g/mol. The number of aromatic nitrogens is 1. The Hall–Kier alpha value is -0.940. The van der Waals surface area contributed by atoms with E-state index in [-0.39, 0.29) is 12.5 Å². The van der Waals surface area contributed by atoms with Crippen LogP contribution in [0.2, 0.25) is 0 Å². The molecule has 1 amide bonds. The molecule has 72 valence electrons. The van der Waals surface area contributed by atoms with Crippen LogP contribution in [0.25, 0.3) is 0 Å². The van der Waals surface area contributed by atoms with Gasteiger partial charge in [0.1, 0.15) is 0 Å². The maximum Gasteiger partial charge on any atom is 0.231 e. The van der Waals surface area contributed by atoms with E-state index >= 15 is 0 Å². The average molecular weight is 199 g/mol. The minimum atomic E-state index is -0.311. The number of thiazole rings is 1. The standard InChI is InChI=1S/C8H13N3OS/c1-6-10-7(5-13-6)3-11(2)4-8(9)12/h5H,3-4H2,1-2H3,(H2,9,12). The molecule has 0 atom stereocenters. The molecule has 0 saturated carbocycles. The first-order chi connectivity index (χ1) is 6.08. The molecular formula is C8H13N3OS. The number of rotatable bonds is 4. The van der Waals surface area contributed by atoms with Crippen LogP contribution in [-0.4, -0.2) is 29.4 Å². The molecule has 0 aliphatic heterocycles. The summed E-state index contributed by atoms with van der Waals surface area (Å²) in [6.45, 7) is 2.91. The first-order valence-electron chi connectivity index (χ1n) is 3.96. The molecule has 5 heteroatoms. The highest BCUT2D eigenvalue weighted by Crippen LogP contribution is 2.09. The molecule has 0 aromatic carbocycles. The summed E-state index contributed by atoms with van der Waals surface area (Å²) in [6, 6.07) is 0. The number of primary amides is 1. The summed E-state index contributed by atoms with van der Waals surface area (Å²) in [5, 5.41) is 3.04. The molecule has 0 unspecified atom stereocenters. The lowest BCUT2D eigenvalue weighted by atomic mass is 10.4. The van der Waals surface area contributed by atoms with E-state index in [1.807, 2.05) is 24.3 Å². The highest BCUT2D eigenvalue weighted by atomic mass is 32.1. The summed E-state index contributed by atoms with van der Waals surface area (Å²) in [7, 11) is 1.85. The molecule has 0 aliphatic carbocycles. The normalized spacial score (nSPS) is 10.7. The van der Waals surface area contributed by atoms with E-state index in [1.165, 1.54) is 0 Å². The van der Waals surface area contributed by atoms with E-state index in [1.54, 1.807) is 11.3 Å². The number of nitrogens with two attached hydrogens (primary N) is 1. The Morgan fingerprint density at radius 3 is 2.92 bits per heavy atom. The van der Waals surface area contributed by atoms with Crippen molar-refractivity contribution in [1.82, 2.24) is 9.88 Å². The van der Waals surface area contributed by atoms with Gasteiger partial charge in [-0.15, -0.1) is 11.3 Å². The zero-order valence-electron chi connectivity index (χ0n) is 7.78. The molecule has 1 rings (SSSR count). The molecule has 0 fully saturated rings. The number of hydrogen-bond donors (Lipinski definition) is 1. The van der Waals surface area contributed by atoms with E-state index in [9.17, 15) is 4.79 Å². The summed E-state index contributed by atoms with van der Waals surface area (Å²) >= 11 is 1.61. The van der Waals surface area contributed by atoms with Crippen LogP contribution in [0.4, 0.5) is 0 Å². The maximum absolute atomic E-state index is 10.6. The topological polar surface area (TPSA) is 59.2 Å². The predicted molar refractivity (Wildman–Crippen MR) is 52.4 cm³/mol. The third-order valence-electron chi connectivity index (χ3n) is 1.52. The van der Waals surface area contributed by atoms with Crippen LogP contribution in [0.3, 0.4) is 0 Å². The van der Waals surface area contributed by atoms with Gasteiger partial charge in [-0.1, -0.05) is 0 Å². The monoisotopic (exact) mass is 199 g/mol. The largest absolute Gasteiger partial charge is 0.369 e. The Bertz CT molecular complexity index is 297. The van der Waals surface area contributed by atoms with Gasteiger partial charge in [-0.3, -0.25) is 9.69 Å². The molecule has 1 heterocycles. The second-order valence-corrected chi connectivity index (χ2v) is 4.06. The SMILES string of the molecule is Cc1nc(CN(C)CC(N)=O)cs1. The molecule has 2 N–H and O–H groups in total. The Labute approximate surface area is 81.4 Å². The van der Waals surface area contributed by atoms with Gasteiger partial charge < -0.3 is 5.73 Å². The lowest BCUT2D eigenvalue weighted by Gasteiger charge is -2.11. The fraction of sp³-hybridized carbons (Fsp3) is 0.500. The fourth-order valence-corrected chi connectivity index (χ4v) is 1.68. The molecule has 4 nitrogen and oxygen atoms in total. The number of carbonyl (C=O) groups is 1. The fourth-order valence-electron chi connectivity index (χ4n) is 1.08. The van der Waals surface area contributed by atoms with E-state index in [4.69, 9.17) is 5.73 Å². The van der Waals surface area contributed by atoms with E-state index in [0.29, 0.717) is 6.54 Å². The van der Waals surface area contributed by atoms with Crippen molar-refractivity contribution in [3.63, 3.8) is 0 Å². The zero-order chi connectivity index (χ0) is 9.84. The highest BCUT2D eigenvalue weighted by molar-refractivity contribution is 7.09. The number of carbonyl (C=O) groups excluding carboxylic acids is 1. The van der Waals surface area contributed by atoms with Gasteiger partial charge in [0, 0.05) is 11.9 Å². The third kappa shape index (κ3) is 3.52. The quantitative estimate of drug-likeness (QED) is 0.762. The molecule has 13 heavy (non-hydrogen) atoms. The number of aryl methyl sites for hydroxylation is 1. The van der Waals surface area contributed by atoms with Crippen LogP contribution in [-0.2, 0) is 11.3 Å². The smallest absolute Gasteiger partial charge is 0.231 e. The minimum Gasteiger partial charge on any atom is -0.369 e. The molecule has 0 bridgehead atoms. The molecule has 1 aromatic heterocycles. The summed E-state index contributed by atoms with van der Waals surface area (Å²) in [5.41, 5.74) is 6.05. The van der Waals surface area contributed by atoms with E-state index in [2.05, 4.69) is 4.98 Å². The van der Waals surface area contributed by atoms with Crippen molar-refractivity contribution in [1.29, 1.82) is 0 Å². The van der Waals surface area contributed by atoms with Crippen molar-refractivity contribution in [3.05, 3.63) is 16.1 Å². The summed E-state index contributed by atoms with van der Waals surface area (Å²) in [6.07, 6.45) is 0. The maximum atomic E-state index is 10.6. The van der Waals surface area contributed by atoms with Crippen molar-refractivity contribution in [2.75, 3.05) is 13.6 Å². The lowest BCUT2D eigenvalue weighted by Crippen LogP contribution is -2.30. The second-order valence-electron chi connectivity index (χ2n) is 3.00. The van der Waals surface area contributed by atoms with Crippen molar-refractivity contribution in [3.8, 4) is 0 Å². The number of likely N-dealkylation sites (N-methyl/N-ethyl adjacent to an activating group) is 1. The second kappa shape index (κ2) is 4.34. The van der Waals surface area contributed by atoms with Crippen LogP contribution in [0.1, 0.15) is 10.7 Å². The molecule has 0 spiro atoms. The van der Waals surface area contributed by atoms with Crippen LogP contribution < -0.4 is 5.73 Å². The highest BCUT2D eigenvalue weighted by Gasteiger charge is 2.05. The van der Waals surface area contributed by atoms with Gasteiger partial charge in [0.05, 0.1) is 17.2 Å². The van der Waals surface area contributed by atoms with Crippen LogP contribution in [0.5, 0.6) is 0 Å². The predicted octanol–water partition coefficient (Wildman–Crippen LogP) is 0.369. The van der Waals surface area contributed by atoms with Crippen molar-refractivity contribution < 1.29 is 4.79 Å². The third-order valence-corrected chi connectivity index (χ3v) is 2.35. The van der Waals surface area contributed by atoms with Gasteiger partial charge in [-0.05, 0) is 14.0 Å². The van der Waals surface area contributed by atoms with Gasteiger partial charge in [0.25, 0.3) is 0 Å². The van der Waals surface area contributed by atoms with Gasteiger partial charge in [-0.2, -0.15) is 0 Å². The molecule has 1 aromatic rings. The Balaban J connectivity index is 2.44. The first-order valence-corrected chi connectivity index (χ1v) is 4.83. The molecule has 0 aliphatic rings. The van der Waals surface area contributed by atoms with E-state index < -0.39 is 0 Å². The van der Waals surface area contributed by atoms with Gasteiger partial charge >= 0.3 is 0 Å². The Kier molecular flexibility index (Phi) is 3.39. The minimum absolute atomic E-state index is 0.274. The van der Waals surface area contributed by atoms with Gasteiger partial charge in [-0.25, -0.2) is 4.98 Å². The Morgan fingerprint density at radius 2 is 2.46 bits per heavy atom. The van der Waals surface area contributed by atoms with Crippen molar-refractivity contribution in [2.24, 2.45) is 5.73 Å². The van der Waals surface area contributed by atoms with Gasteiger partial charge in [0.2, 0.25) is 5.91 Å². The number of nitrogens with zero attached hydrogens (tertiary/aromatic N) is 2. The zero-order valence-corrected chi connectivity index (χ0v) is 8.60. The molecule has 0 radical (unpaired) electrons. The van der Waals surface area contributed by atoms with E-state index in [0.717, 1.165) is 10.7 Å². The summed E-state index contributed by atoms with van der Waals surface area (Å²) < 4.78 is 0. The number of hydrogen-bond acceptors (Lipinski definition) is 4. The van der Waals surface area contributed by atoms with Gasteiger partial charge in [0.15, 0.2) is 0 Å². The summed E-state index contributed by atoms with van der Waals surface area (Å²) in [4.78, 5) is 16.7. The van der Waals surface area contributed by atoms with Crippen molar-refractivity contribution >= 4 is 17.2 Å².